The topological polar surface area (TPSA) is 43.4 Å². The Labute approximate surface area is 116 Å². The van der Waals surface area contributed by atoms with Crippen molar-refractivity contribution in [2.24, 2.45) is 5.92 Å². The molecule has 18 heavy (non-hydrogen) atoms. The lowest BCUT2D eigenvalue weighted by Gasteiger charge is -2.27. The fourth-order valence-electron chi connectivity index (χ4n) is 1.87. The third kappa shape index (κ3) is 3.55. The van der Waals surface area contributed by atoms with Crippen LogP contribution >= 0.6 is 15.9 Å². The maximum Gasteiger partial charge on any atom is 0.314 e. The van der Waals surface area contributed by atoms with Gasteiger partial charge in [0.25, 0.3) is 0 Å². The Morgan fingerprint density at radius 3 is 2.83 bits per heavy atom. The molecule has 1 rings (SSSR count). The van der Waals surface area contributed by atoms with Crippen LogP contribution < -0.4 is 0 Å². The Balaban J connectivity index is 2.77. The van der Waals surface area contributed by atoms with Crippen molar-refractivity contribution >= 4 is 27.7 Å². The number of allylic oxidation sites excluding steroid dienone is 1. The van der Waals surface area contributed by atoms with E-state index in [9.17, 15) is 9.59 Å². The van der Waals surface area contributed by atoms with Crippen LogP contribution in [0.2, 0.25) is 0 Å². The number of hydrogen-bond donors (Lipinski definition) is 0. The first-order valence-electron chi connectivity index (χ1n) is 6.16. The molecule has 3 nitrogen and oxygen atoms in total. The van der Waals surface area contributed by atoms with Crippen LogP contribution in [0.25, 0.3) is 0 Å². The molecule has 4 heteroatoms. The molecule has 0 N–H and O–H groups in total. The van der Waals surface area contributed by atoms with Gasteiger partial charge in [0.05, 0.1) is 11.2 Å². The number of ether oxygens (including phenoxy) is 1. The van der Waals surface area contributed by atoms with Crippen molar-refractivity contribution in [3.05, 3.63) is 24.8 Å². The monoisotopic (exact) mass is 314 g/mol. The minimum absolute atomic E-state index is 0.222. The summed E-state index contributed by atoms with van der Waals surface area (Å²) in [5, 5.41) is 0.237. The zero-order valence-corrected chi connectivity index (χ0v) is 12.2. The van der Waals surface area contributed by atoms with Crippen molar-refractivity contribution in [1.29, 1.82) is 0 Å². The second kappa shape index (κ2) is 6.88. The van der Waals surface area contributed by atoms with Crippen LogP contribution in [0.5, 0.6) is 0 Å². The molecular weight excluding hydrogens is 296 g/mol. The van der Waals surface area contributed by atoms with Gasteiger partial charge in [-0.1, -0.05) is 41.1 Å². The van der Waals surface area contributed by atoms with Gasteiger partial charge in [-0.2, -0.15) is 0 Å². The van der Waals surface area contributed by atoms with E-state index in [1.165, 1.54) is 13.0 Å². The fraction of sp³-hybridized carbons (Fsp3) is 0.571. The Bertz CT molecular complexity index is 362. The Morgan fingerprint density at radius 1 is 1.56 bits per heavy atom. The summed E-state index contributed by atoms with van der Waals surface area (Å²) in [4.78, 5) is 23.7. The Kier molecular flexibility index (Phi) is 5.79. The molecule has 100 valence electrons. The van der Waals surface area contributed by atoms with E-state index in [0.29, 0.717) is 0 Å². The highest BCUT2D eigenvalue weighted by atomic mass is 79.9. The van der Waals surface area contributed by atoms with Crippen molar-refractivity contribution in [2.45, 2.75) is 38.2 Å². The standard InChI is InChI=1S/C14H19BrO3/c1-3-14(10-15,11(2)16)18-13(17)12-8-6-4-5-7-9-12/h3,6,8,12H,1,4-5,7,9-10H2,2H3/t12-,14?/m1/s1. The molecule has 0 aromatic carbocycles. The minimum Gasteiger partial charge on any atom is -0.445 e. The number of halogens is 1. The molecule has 0 saturated heterocycles. The summed E-state index contributed by atoms with van der Waals surface area (Å²) in [6.45, 7) is 5.00. The number of carbonyl (C=O) groups is 2. The van der Waals surface area contributed by atoms with Crippen LogP contribution in [0.15, 0.2) is 24.8 Å². The van der Waals surface area contributed by atoms with Crippen molar-refractivity contribution in [3.8, 4) is 0 Å². The molecule has 0 aromatic rings. The van der Waals surface area contributed by atoms with E-state index in [-0.39, 0.29) is 23.0 Å². The summed E-state index contributed by atoms with van der Waals surface area (Å²) in [7, 11) is 0. The lowest BCUT2D eigenvalue weighted by Crippen LogP contribution is -2.43. The van der Waals surface area contributed by atoms with Crippen LogP contribution in [0.3, 0.4) is 0 Å². The first kappa shape index (κ1) is 15.2. The maximum atomic E-state index is 12.1. The van der Waals surface area contributed by atoms with Crippen LogP contribution in [0.1, 0.15) is 32.6 Å². The van der Waals surface area contributed by atoms with Crippen LogP contribution in [0.4, 0.5) is 0 Å². The van der Waals surface area contributed by atoms with Gasteiger partial charge < -0.3 is 4.74 Å². The molecule has 0 fully saturated rings. The maximum absolute atomic E-state index is 12.1. The van der Waals surface area contributed by atoms with Crippen molar-refractivity contribution in [3.63, 3.8) is 0 Å². The molecule has 0 spiro atoms. The largest absolute Gasteiger partial charge is 0.445 e. The third-order valence-corrected chi connectivity index (χ3v) is 4.05. The summed E-state index contributed by atoms with van der Waals surface area (Å²) in [6.07, 6.45) is 9.17. The Morgan fingerprint density at radius 2 is 2.28 bits per heavy atom. The predicted molar refractivity (Wildman–Crippen MR) is 74.6 cm³/mol. The van der Waals surface area contributed by atoms with E-state index in [1.54, 1.807) is 0 Å². The first-order valence-corrected chi connectivity index (χ1v) is 7.28. The van der Waals surface area contributed by atoms with E-state index in [4.69, 9.17) is 4.74 Å². The highest BCUT2D eigenvalue weighted by Crippen LogP contribution is 2.24. The van der Waals surface area contributed by atoms with Crippen LogP contribution in [-0.4, -0.2) is 22.7 Å². The quantitative estimate of drug-likeness (QED) is 0.444. The van der Waals surface area contributed by atoms with Crippen molar-refractivity contribution in [1.82, 2.24) is 0 Å². The van der Waals surface area contributed by atoms with Crippen molar-refractivity contribution in [2.75, 3.05) is 5.33 Å². The van der Waals surface area contributed by atoms with Crippen molar-refractivity contribution < 1.29 is 14.3 Å². The van der Waals surface area contributed by atoms with E-state index in [1.807, 2.05) is 12.2 Å². The zero-order chi connectivity index (χ0) is 13.6. The second-order valence-corrected chi connectivity index (χ2v) is 5.08. The minimum atomic E-state index is -1.24. The Hall–Kier alpha value is -0.900. The first-order chi connectivity index (χ1) is 8.55. The molecular formula is C14H19BrO3. The van der Waals surface area contributed by atoms with Gasteiger partial charge in [-0.25, -0.2) is 0 Å². The van der Waals surface area contributed by atoms with E-state index in [0.717, 1.165) is 25.7 Å². The van der Waals surface area contributed by atoms with Gasteiger partial charge >= 0.3 is 5.97 Å². The number of alkyl halides is 1. The van der Waals surface area contributed by atoms with Gasteiger partial charge in [-0.15, -0.1) is 0 Å². The van der Waals surface area contributed by atoms with Gasteiger partial charge in [-0.05, 0) is 32.3 Å². The number of esters is 1. The van der Waals surface area contributed by atoms with Gasteiger partial charge in [0.2, 0.25) is 0 Å². The molecule has 0 aromatic heterocycles. The molecule has 0 heterocycles. The summed E-state index contributed by atoms with van der Waals surface area (Å²) < 4.78 is 5.39. The molecule has 1 unspecified atom stereocenters. The molecule has 2 atom stereocenters. The van der Waals surface area contributed by atoms with Gasteiger partial charge in [-0.3, -0.25) is 9.59 Å². The molecule has 0 bridgehead atoms. The molecule has 1 aliphatic rings. The highest BCUT2D eigenvalue weighted by molar-refractivity contribution is 9.09. The van der Waals surface area contributed by atoms with Crippen LogP contribution in [-0.2, 0) is 14.3 Å². The highest BCUT2D eigenvalue weighted by Gasteiger charge is 2.37. The molecule has 0 aliphatic heterocycles. The molecule has 0 radical (unpaired) electrons. The lowest BCUT2D eigenvalue weighted by atomic mass is 10.00. The number of hydrogen-bond acceptors (Lipinski definition) is 3. The third-order valence-electron chi connectivity index (χ3n) is 3.21. The van der Waals surface area contributed by atoms with E-state index < -0.39 is 5.60 Å². The SMILES string of the molecule is C=CC(CBr)(OC(=O)[C@@H]1C=CCCCC1)C(C)=O. The number of carbonyl (C=O) groups excluding carboxylic acids is 2. The zero-order valence-electron chi connectivity index (χ0n) is 10.7. The summed E-state index contributed by atoms with van der Waals surface area (Å²) in [5.74, 6) is -0.812. The summed E-state index contributed by atoms with van der Waals surface area (Å²) in [5.41, 5.74) is -1.24. The lowest BCUT2D eigenvalue weighted by molar-refractivity contribution is -0.162. The molecule has 0 amide bonds. The molecule has 1 aliphatic carbocycles. The number of Topliss-reactive ketones (excluding diaryl/α,β-unsaturated/α-hetero) is 1. The second-order valence-electron chi connectivity index (χ2n) is 4.52. The van der Waals surface area contributed by atoms with E-state index >= 15 is 0 Å². The van der Waals surface area contributed by atoms with Gasteiger partial charge in [0.1, 0.15) is 0 Å². The normalized spacial score (nSPS) is 22.7. The van der Waals surface area contributed by atoms with E-state index in [2.05, 4.69) is 22.5 Å². The number of rotatable bonds is 5. The average Bonchev–Trinajstić information content (AvgIpc) is 2.64. The van der Waals surface area contributed by atoms with Gasteiger partial charge in [0.15, 0.2) is 11.4 Å². The predicted octanol–water partition coefficient (Wildman–Crippen LogP) is 3.18. The summed E-state index contributed by atoms with van der Waals surface area (Å²) in [6, 6.07) is 0. The smallest absolute Gasteiger partial charge is 0.314 e. The average molecular weight is 315 g/mol. The molecule has 0 saturated carbocycles. The fourth-order valence-corrected chi connectivity index (χ4v) is 2.61. The summed E-state index contributed by atoms with van der Waals surface area (Å²) >= 11 is 3.21. The van der Waals surface area contributed by atoms with Crippen LogP contribution in [0, 0.1) is 5.92 Å². The number of ketones is 1. The van der Waals surface area contributed by atoms with Gasteiger partial charge in [0, 0.05) is 0 Å².